The third kappa shape index (κ3) is 10.3. The Bertz CT molecular complexity index is 138. The van der Waals surface area contributed by atoms with Crippen LogP contribution in [0.1, 0.15) is 0 Å². The van der Waals surface area contributed by atoms with Crippen LogP contribution in [-0.2, 0) is 9.09 Å². The summed E-state index contributed by atoms with van der Waals surface area (Å²) in [4.78, 5) is 16.2. The lowest BCUT2D eigenvalue weighted by atomic mass is 10.4. The van der Waals surface area contributed by atoms with Crippen LogP contribution in [0.15, 0.2) is 0 Å². The number of aliphatic hydroxyl groups excluding tert-OH is 1. The minimum absolute atomic E-state index is 0. The molecule has 0 heterocycles. The van der Waals surface area contributed by atoms with E-state index in [1.165, 1.54) is 0 Å². The van der Waals surface area contributed by atoms with Gasteiger partial charge in [0, 0.05) is 0 Å². The standard InChI is InChI=1S/C3H8ClO5P.H3N/c4-1-3(5)2-9-10(6,7)8;/h3,5H,1-2H2,(H2,6,7,8);1H3. The number of phosphoric ester groups is 1. The Kier molecular flexibility index (Phi) is 7.45. The highest BCUT2D eigenvalue weighted by atomic mass is 35.5. The van der Waals surface area contributed by atoms with E-state index < -0.39 is 20.5 Å². The minimum atomic E-state index is -4.45. The van der Waals surface area contributed by atoms with Gasteiger partial charge in [-0.05, 0) is 0 Å². The number of alkyl halides is 1. The maximum Gasteiger partial charge on any atom is 0.469 e. The summed E-state index contributed by atoms with van der Waals surface area (Å²) in [5, 5.41) is 8.62. The van der Waals surface area contributed by atoms with Crippen LogP contribution in [0.4, 0.5) is 0 Å². The van der Waals surface area contributed by atoms with Crippen molar-refractivity contribution in [2.45, 2.75) is 6.10 Å². The fraction of sp³-hybridized carbons (Fsp3) is 1.00. The molecule has 0 radical (unpaired) electrons. The Morgan fingerprint density at radius 2 is 2.00 bits per heavy atom. The zero-order chi connectivity index (χ0) is 8.20. The van der Waals surface area contributed by atoms with E-state index in [0.29, 0.717) is 0 Å². The fourth-order valence-corrected chi connectivity index (χ4v) is 0.683. The van der Waals surface area contributed by atoms with Gasteiger partial charge in [-0.25, -0.2) is 4.57 Å². The minimum Gasteiger partial charge on any atom is -0.389 e. The number of hydrogen-bond donors (Lipinski definition) is 4. The van der Waals surface area contributed by atoms with E-state index in [2.05, 4.69) is 4.52 Å². The molecule has 1 unspecified atom stereocenters. The highest BCUT2D eigenvalue weighted by molar-refractivity contribution is 7.46. The molecule has 0 aliphatic rings. The van der Waals surface area contributed by atoms with Gasteiger partial charge in [-0.3, -0.25) is 4.52 Å². The molecule has 0 spiro atoms. The average Bonchev–Trinajstić information content (AvgIpc) is 1.81. The van der Waals surface area contributed by atoms with Gasteiger partial charge in [0.05, 0.1) is 18.6 Å². The third-order valence-electron chi connectivity index (χ3n) is 0.613. The van der Waals surface area contributed by atoms with Crippen LogP contribution in [0, 0.1) is 0 Å². The third-order valence-corrected chi connectivity index (χ3v) is 1.45. The van der Waals surface area contributed by atoms with Crippen LogP contribution in [0.2, 0.25) is 0 Å². The molecule has 0 aromatic heterocycles. The lowest BCUT2D eigenvalue weighted by Crippen LogP contribution is -2.15. The van der Waals surface area contributed by atoms with Gasteiger partial charge < -0.3 is 21.0 Å². The summed E-state index contributed by atoms with van der Waals surface area (Å²) in [6.45, 7) is -0.451. The van der Waals surface area contributed by atoms with E-state index in [0.717, 1.165) is 0 Å². The maximum absolute atomic E-state index is 9.97. The smallest absolute Gasteiger partial charge is 0.389 e. The molecule has 6 nitrogen and oxygen atoms in total. The van der Waals surface area contributed by atoms with Crippen molar-refractivity contribution in [3.05, 3.63) is 0 Å². The van der Waals surface area contributed by atoms with Gasteiger partial charge in [0.15, 0.2) is 0 Å². The van der Waals surface area contributed by atoms with Crippen molar-refractivity contribution in [1.82, 2.24) is 6.15 Å². The van der Waals surface area contributed by atoms with Crippen LogP contribution in [0.3, 0.4) is 0 Å². The lowest BCUT2D eigenvalue weighted by molar-refractivity contribution is 0.0989. The highest BCUT2D eigenvalue weighted by Gasteiger charge is 2.15. The lowest BCUT2D eigenvalue weighted by Gasteiger charge is -2.07. The van der Waals surface area contributed by atoms with Crippen molar-refractivity contribution >= 4 is 19.4 Å². The molecule has 0 fully saturated rings. The van der Waals surface area contributed by atoms with Gasteiger partial charge in [0.1, 0.15) is 0 Å². The van der Waals surface area contributed by atoms with Gasteiger partial charge in [-0.2, -0.15) is 0 Å². The zero-order valence-electron chi connectivity index (χ0n) is 5.68. The topological polar surface area (TPSA) is 122 Å². The van der Waals surface area contributed by atoms with Gasteiger partial charge >= 0.3 is 7.82 Å². The number of halogens is 1. The Balaban J connectivity index is 0. The average molecular weight is 208 g/mol. The SMILES string of the molecule is N.O=P(O)(O)OCC(O)CCl. The van der Waals surface area contributed by atoms with Crippen LogP contribution >= 0.6 is 19.4 Å². The van der Waals surface area contributed by atoms with E-state index in [4.69, 9.17) is 26.5 Å². The molecule has 8 heteroatoms. The van der Waals surface area contributed by atoms with Crippen LogP contribution in [-0.4, -0.2) is 33.5 Å². The number of rotatable bonds is 4. The first kappa shape index (κ1) is 13.9. The van der Waals surface area contributed by atoms with Crippen molar-refractivity contribution in [2.24, 2.45) is 0 Å². The molecule has 0 aliphatic heterocycles. The molecule has 0 rings (SSSR count). The molecule has 0 aromatic carbocycles. The molecule has 11 heavy (non-hydrogen) atoms. The molecule has 0 aliphatic carbocycles. The fourth-order valence-electron chi connectivity index (χ4n) is 0.228. The molecule has 0 bridgehead atoms. The van der Waals surface area contributed by atoms with Crippen molar-refractivity contribution < 1.29 is 24.0 Å². The second-order valence-electron chi connectivity index (χ2n) is 1.59. The summed E-state index contributed by atoms with van der Waals surface area (Å²) >= 11 is 5.10. The quantitative estimate of drug-likeness (QED) is 0.376. The van der Waals surface area contributed by atoms with Crippen molar-refractivity contribution in [1.29, 1.82) is 0 Å². The van der Waals surface area contributed by atoms with Crippen molar-refractivity contribution in [3.8, 4) is 0 Å². The molecular formula is C3H11ClNO5P. The van der Waals surface area contributed by atoms with E-state index in [9.17, 15) is 4.57 Å². The van der Waals surface area contributed by atoms with Gasteiger partial charge in [-0.1, -0.05) is 0 Å². The van der Waals surface area contributed by atoms with Gasteiger partial charge in [-0.15, -0.1) is 11.6 Å². The van der Waals surface area contributed by atoms with Crippen molar-refractivity contribution in [2.75, 3.05) is 12.5 Å². The van der Waals surface area contributed by atoms with Crippen LogP contribution in [0.25, 0.3) is 0 Å². The molecule has 1 atom stereocenters. The molecule has 0 saturated heterocycles. The molecule has 0 saturated carbocycles. The van der Waals surface area contributed by atoms with Crippen LogP contribution in [0.5, 0.6) is 0 Å². The molecule has 70 valence electrons. The molecular weight excluding hydrogens is 196 g/mol. The highest BCUT2D eigenvalue weighted by Crippen LogP contribution is 2.35. The molecule has 0 amide bonds. The van der Waals surface area contributed by atoms with Crippen molar-refractivity contribution in [3.63, 3.8) is 0 Å². The first-order chi connectivity index (χ1) is 4.45. The summed E-state index contributed by atoms with van der Waals surface area (Å²) in [6.07, 6.45) is -1.03. The second kappa shape index (κ2) is 5.91. The molecule has 6 N–H and O–H groups in total. The van der Waals surface area contributed by atoms with Crippen LogP contribution < -0.4 is 6.15 Å². The monoisotopic (exact) mass is 207 g/mol. The summed E-state index contributed by atoms with van der Waals surface area (Å²) in [5.74, 6) is -0.111. The number of hydrogen-bond acceptors (Lipinski definition) is 4. The summed E-state index contributed by atoms with van der Waals surface area (Å²) in [7, 11) is -4.45. The largest absolute Gasteiger partial charge is 0.469 e. The number of aliphatic hydroxyl groups is 1. The summed E-state index contributed by atoms with van der Waals surface area (Å²) in [5.41, 5.74) is 0. The summed E-state index contributed by atoms with van der Waals surface area (Å²) < 4.78 is 13.9. The Morgan fingerprint density at radius 3 is 2.27 bits per heavy atom. The Labute approximate surface area is 69.0 Å². The van der Waals surface area contributed by atoms with Gasteiger partial charge in [0.25, 0.3) is 0 Å². The van der Waals surface area contributed by atoms with Gasteiger partial charge in [0.2, 0.25) is 0 Å². The zero-order valence-corrected chi connectivity index (χ0v) is 7.33. The normalized spacial score (nSPS) is 13.8. The molecule has 0 aromatic rings. The summed E-state index contributed by atoms with van der Waals surface area (Å²) in [6, 6.07) is 0. The first-order valence-corrected chi connectivity index (χ1v) is 4.46. The Hall–Kier alpha value is 0.320. The number of phosphoric acid groups is 1. The van der Waals surface area contributed by atoms with E-state index >= 15 is 0 Å². The second-order valence-corrected chi connectivity index (χ2v) is 3.14. The van der Waals surface area contributed by atoms with E-state index in [1.54, 1.807) is 0 Å². The maximum atomic E-state index is 9.97. The van der Waals surface area contributed by atoms with E-state index in [1.807, 2.05) is 0 Å². The van der Waals surface area contributed by atoms with E-state index in [-0.39, 0.29) is 12.0 Å². The predicted molar refractivity (Wildman–Crippen MR) is 39.7 cm³/mol. The predicted octanol–water partition coefficient (Wildman–Crippen LogP) is -0.143. The Morgan fingerprint density at radius 1 is 1.55 bits per heavy atom. The first-order valence-electron chi connectivity index (χ1n) is 2.40.